The highest BCUT2D eigenvalue weighted by Gasteiger charge is 2.14. The minimum Gasteiger partial charge on any atom is -0.305 e. The number of carbonyl (C=O) groups is 1. The number of carbonyl (C=O) groups excluding carboxylic acids is 1. The first kappa shape index (κ1) is 15.6. The molecule has 0 saturated heterocycles. The third-order valence-electron chi connectivity index (χ3n) is 3.54. The summed E-state index contributed by atoms with van der Waals surface area (Å²) in [6.45, 7) is 0. The van der Waals surface area contributed by atoms with Crippen molar-refractivity contribution < 1.29 is 4.79 Å². The lowest BCUT2D eigenvalue weighted by molar-refractivity contribution is 0.102. The van der Waals surface area contributed by atoms with Gasteiger partial charge in [-0.05, 0) is 36.4 Å². The number of nitrogens with one attached hydrogen (secondary N) is 1. The molecule has 26 heavy (non-hydrogen) atoms. The molecule has 0 unspecified atom stereocenters. The van der Waals surface area contributed by atoms with Gasteiger partial charge < -0.3 is 5.32 Å². The summed E-state index contributed by atoms with van der Waals surface area (Å²) >= 11 is 0. The van der Waals surface area contributed by atoms with Crippen molar-refractivity contribution in [3.8, 4) is 17.5 Å². The second kappa shape index (κ2) is 6.89. The zero-order valence-corrected chi connectivity index (χ0v) is 13.5. The van der Waals surface area contributed by atoms with Crippen LogP contribution in [0.2, 0.25) is 0 Å². The van der Waals surface area contributed by atoms with Crippen molar-refractivity contribution in [1.82, 2.24) is 29.5 Å². The molecule has 4 rings (SSSR count). The molecule has 8 nitrogen and oxygen atoms in total. The minimum atomic E-state index is -0.326. The van der Waals surface area contributed by atoms with Gasteiger partial charge in [-0.15, -0.1) is 0 Å². The number of amides is 1. The zero-order valence-electron chi connectivity index (χ0n) is 13.5. The quantitative estimate of drug-likeness (QED) is 0.611. The number of aromatic nitrogens is 6. The standard InChI is InChI=1S/C18H13N7O/c26-17(14-6-3-12-25(14)18-21-9-4-10-22-18)24-15-7-11-20-16(23-15)13-5-1-2-8-19-13/h1-12H,(H,20,23,24,26). The number of pyridine rings is 1. The Hall–Kier alpha value is -3.94. The molecule has 0 fully saturated rings. The highest BCUT2D eigenvalue weighted by molar-refractivity contribution is 6.03. The molecule has 0 radical (unpaired) electrons. The molecule has 0 aliphatic heterocycles. The van der Waals surface area contributed by atoms with E-state index in [9.17, 15) is 4.79 Å². The first-order chi connectivity index (χ1) is 12.8. The fourth-order valence-corrected chi connectivity index (χ4v) is 2.38. The van der Waals surface area contributed by atoms with Crippen LogP contribution >= 0.6 is 0 Å². The molecule has 1 amide bonds. The molecule has 1 N–H and O–H groups in total. The van der Waals surface area contributed by atoms with Gasteiger partial charge in [-0.1, -0.05) is 6.07 Å². The SMILES string of the molecule is O=C(Nc1ccnc(-c2ccccn2)n1)c1cccn1-c1ncccn1. The van der Waals surface area contributed by atoms with Crippen LogP contribution in [0.3, 0.4) is 0 Å². The predicted molar refractivity (Wildman–Crippen MR) is 94.6 cm³/mol. The molecule has 8 heteroatoms. The van der Waals surface area contributed by atoms with E-state index in [4.69, 9.17) is 0 Å². The predicted octanol–water partition coefficient (Wildman–Crippen LogP) is 2.37. The summed E-state index contributed by atoms with van der Waals surface area (Å²) in [5.41, 5.74) is 1.03. The Kier molecular flexibility index (Phi) is 4.13. The second-order valence-corrected chi connectivity index (χ2v) is 5.25. The van der Waals surface area contributed by atoms with Crippen LogP contribution in [0.5, 0.6) is 0 Å². The fraction of sp³-hybridized carbons (Fsp3) is 0. The Bertz CT molecular complexity index is 1030. The minimum absolute atomic E-state index is 0.326. The van der Waals surface area contributed by atoms with Crippen LogP contribution in [-0.2, 0) is 0 Å². The highest BCUT2D eigenvalue weighted by atomic mass is 16.2. The van der Waals surface area contributed by atoms with E-state index >= 15 is 0 Å². The van der Waals surface area contributed by atoms with E-state index in [0.717, 1.165) is 0 Å². The molecule has 0 aromatic carbocycles. The summed E-state index contributed by atoms with van der Waals surface area (Å²) < 4.78 is 1.61. The maximum atomic E-state index is 12.7. The van der Waals surface area contributed by atoms with E-state index < -0.39 is 0 Å². The second-order valence-electron chi connectivity index (χ2n) is 5.25. The van der Waals surface area contributed by atoms with Crippen LogP contribution in [0.1, 0.15) is 10.5 Å². The molecule has 0 aliphatic rings. The van der Waals surface area contributed by atoms with Crippen molar-refractivity contribution in [2.24, 2.45) is 0 Å². The monoisotopic (exact) mass is 343 g/mol. The van der Waals surface area contributed by atoms with E-state index in [1.54, 1.807) is 65.9 Å². The van der Waals surface area contributed by atoms with Crippen LogP contribution in [0, 0.1) is 0 Å². The number of hydrogen-bond donors (Lipinski definition) is 1. The van der Waals surface area contributed by atoms with Gasteiger partial charge in [0.25, 0.3) is 5.91 Å². The van der Waals surface area contributed by atoms with Crippen molar-refractivity contribution >= 4 is 11.7 Å². The molecule has 0 spiro atoms. The lowest BCUT2D eigenvalue weighted by Gasteiger charge is -2.08. The fourth-order valence-electron chi connectivity index (χ4n) is 2.38. The normalized spacial score (nSPS) is 10.5. The maximum absolute atomic E-state index is 12.7. The first-order valence-corrected chi connectivity index (χ1v) is 7.82. The molecular formula is C18H13N7O. The number of rotatable bonds is 4. The van der Waals surface area contributed by atoms with Gasteiger partial charge in [-0.3, -0.25) is 14.3 Å². The average molecular weight is 343 g/mol. The van der Waals surface area contributed by atoms with Crippen molar-refractivity contribution in [2.45, 2.75) is 0 Å². The van der Waals surface area contributed by atoms with Gasteiger partial charge in [0.15, 0.2) is 5.82 Å². The largest absolute Gasteiger partial charge is 0.305 e. The maximum Gasteiger partial charge on any atom is 0.273 e. The van der Waals surface area contributed by atoms with Gasteiger partial charge in [0.1, 0.15) is 17.2 Å². The molecule has 4 aromatic rings. The van der Waals surface area contributed by atoms with E-state index in [2.05, 4.69) is 30.2 Å². The van der Waals surface area contributed by atoms with E-state index in [1.165, 1.54) is 0 Å². The molecule has 0 atom stereocenters. The van der Waals surface area contributed by atoms with Crippen molar-refractivity contribution in [3.05, 3.63) is 79.1 Å². The Balaban J connectivity index is 1.60. The summed E-state index contributed by atoms with van der Waals surface area (Å²) in [6.07, 6.45) is 8.20. The summed E-state index contributed by atoms with van der Waals surface area (Å²) in [5.74, 6) is 0.908. The van der Waals surface area contributed by atoms with Gasteiger partial charge in [-0.25, -0.2) is 19.9 Å². The van der Waals surface area contributed by atoms with Crippen LogP contribution in [0.4, 0.5) is 5.82 Å². The Morgan fingerprint density at radius 1 is 0.846 bits per heavy atom. The first-order valence-electron chi connectivity index (χ1n) is 7.82. The van der Waals surface area contributed by atoms with Gasteiger partial charge >= 0.3 is 0 Å². The third kappa shape index (κ3) is 3.16. The lowest BCUT2D eigenvalue weighted by Crippen LogP contribution is -2.18. The van der Waals surface area contributed by atoms with E-state index in [-0.39, 0.29) is 5.91 Å². The smallest absolute Gasteiger partial charge is 0.273 e. The Labute approximate surface area is 148 Å². The van der Waals surface area contributed by atoms with Crippen LogP contribution < -0.4 is 5.32 Å². The van der Waals surface area contributed by atoms with E-state index in [0.29, 0.717) is 29.0 Å². The number of anilines is 1. The summed E-state index contributed by atoms with van der Waals surface area (Å²) in [4.78, 5) is 33.7. The summed E-state index contributed by atoms with van der Waals surface area (Å²) in [5, 5.41) is 2.77. The number of hydrogen-bond acceptors (Lipinski definition) is 6. The van der Waals surface area contributed by atoms with Gasteiger partial charge in [0, 0.05) is 31.0 Å². The summed E-state index contributed by atoms with van der Waals surface area (Å²) in [7, 11) is 0. The van der Waals surface area contributed by atoms with E-state index in [1.807, 2.05) is 12.1 Å². The van der Waals surface area contributed by atoms with Crippen molar-refractivity contribution in [3.63, 3.8) is 0 Å². The molecule has 0 saturated carbocycles. The van der Waals surface area contributed by atoms with Crippen LogP contribution in [-0.4, -0.2) is 35.4 Å². The molecule has 4 aromatic heterocycles. The van der Waals surface area contributed by atoms with Crippen LogP contribution in [0.15, 0.2) is 73.4 Å². The van der Waals surface area contributed by atoms with Gasteiger partial charge in [0.05, 0.1) is 0 Å². The number of nitrogens with zero attached hydrogens (tertiary/aromatic N) is 6. The molecule has 0 bridgehead atoms. The van der Waals surface area contributed by atoms with Gasteiger partial charge in [-0.2, -0.15) is 0 Å². The summed E-state index contributed by atoms with van der Waals surface area (Å²) in [6, 6.07) is 12.2. The molecule has 4 heterocycles. The Morgan fingerprint density at radius 2 is 1.69 bits per heavy atom. The topological polar surface area (TPSA) is 98.5 Å². The average Bonchev–Trinajstić information content (AvgIpc) is 3.20. The molecule has 126 valence electrons. The van der Waals surface area contributed by atoms with Crippen LogP contribution in [0.25, 0.3) is 17.5 Å². The van der Waals surface area contributed by atoms with Crippen molar-refractivity contribution in [1.29, 1.82) is 0 Å². The molecular weight excluding hydrogens is 330 g/mol. The zero-order chi connectivity index (χ0) is 17.8. The third-order valence-corrected chi connectivity index (χ3v) is 3.54. The van der Waals surface area contributed by atoms with Gasteiger partial charge in [0.2, 0.25) is 5.95 Å². The highest BCUT2D eigenvalue weighted by Crippen LogP contribution is 2.15. The van der Waals surface area contributed by atoms with Crippen molar-refractivity contribution in [2.75, 3.05) is 5.32 Å². The Morgan fingerprint density at radius 3 is 2.50 bits per heavy atom. The lowest BCUT2D eigenvalue weighted by atomic mass is 10.3. The molecule has 0 aliphatic carbocycles.